The zero-order chi connectivity index (χ0) is 12.2. The van der Waals surface area contributed by atoms with Crippen LogP contribution in [0.2, 0.25) is 0 Å². The van der Waals surface area contributed by atoms with Gasteiger partial charge in [0.05, 0.1) is 6.61 Å². The molecule has 0 bridgehead atoms. The normalized spacial score (nSPS) is 12.9. The molecule has 16 heavy (non-hydrogen) atoms. The SMILES string of the molecule is CCCC/C=C/[C@H](C)CCCC(=O)OCC. The monoisotopic (exact) mass is 226 g/mol. The third-order valence-electron chi connectivity index (χ3n) is 2.53. The van der Waals surface area contributed by atoms with E-state index in [1.54, 1.807) is 0 Å². The van der Waals surface area contributed by atoms with E-state index in [2.05, 4.69) is 26.0 Å². The van der Waals surface area contributed by atoms with Crippen LogP contribution in [0, 0.1) is 5.92 Å². The van der Waals surface area contributed by atoms with Crippen LogP contribution in [0.15, 0.2) is 12.2 Å². The second-order valence-corrected chi connectivity index (χ2v) is 4.24. The quantitative estimate of drug-likeness (QED) is 0.336. The number of allylic oxidation sites excluding steroid dienone is 2. The molecule has 0 aliphatic rings. The molecule has 0 N–H and O–H groups in total. The van der Waals surface area contributed by atoms with E-state index >= 15 is 0 Å². The van der Waals surface area contributed by atoms with Crippen molar-refractivity contribution < 1.29 is 9.53 Å². The molecule has 0 amide bonds. The fourth-order valence-corrected chi connectivity index (χ4v) is 1.55. The summed E-state index contributed by atoms with van der Waals surface area (Å²) < 4.78 is 4.88. The molecule has 0 aliphatic carbocycles. The molecular formula is C14H26O2. The standard InChI is InChI=1S/C14H26O2/c1-4-6-7-8-10-13(3)11-9-12-14(15)16-5-2/h8,10,13H,4-7,9,11-12H2,1-3H3/b10-8+/t13-/m0/s1. The van der Waals surface area contributed by atoms with E-state index in [0.29, 0.717) is 18.9 Å². The lowest BCUT2D eigenvalue weighted by Crippen LogP contribution is -2.04. The van der Waals surface area contributed by atoms with Crippen LogP contribution in [0.25, 0.3) is 0 Å². The Bertz CT molecular complexity index is 197. The summed E-state index contributed by atoms with van der Waals surface area (Å²) in [6, 6.07) is 0. The first-order valence-corrected chi connectivity index (χ1v) is 6.53. The van der Waals surface area contributed by atoms with Gasteiger partial charge in [0.25, 0.3) is 0 Å². The van der Waals surface area contributed by atoms with Gasteiger partial charge < -0.3 is 4.74 Å². The molecule has 0 aromatic carbocycles. The summed E-state index contributed by atoms with van der Waals surface area (Å²) >= 11 is 0. The molecule has 0 heterocycles. The highest BCUT2D eigenvalue weighted by Crippen LogP contribution is 2.10. The van der Waals surface area contributed by atoms with Crippen molar-refractivity contribution in [1.29, 1.82) is 0 Å². The Balaban J connectivity index is 3.46. The first-order chi connectivity index (χ1) is 7.70. The van der Waals surface area contributed by atoms with Crippen molar-refractivity contribution in [3.8, 4) is 0 Å². The lowest BCUT2D eigenvalue weighted by atomic mass is 10.0. The maximum Gasteiger partial charge on any atom is 0.305 e. The van der Waals surface area contributed by atoms with Gasteiger partial charge >= 0.3 is 5.97 Å². The van der Waals surface area contributed by atoms with Crippen LogP contribution in [-0.4, -0.2) is 12.6 Å². The van der Waals surface area contributed by atoms with Crippen molar-refractivity contribution in [1.82, 2.24) is 0 Å². The number of rotatable bonds is 9. The number of hydrogen-bond acceptors (Lipinski definition) is 2. The summed E-state index contributed by atoms with van der Waals surface area (Å²) in [6.07, 6.45) is 10.8. The van der Waals surface area contributed by atoms with Crippen molar-refractivity contribution in [2.24, 2.45) is 5.92 Å². The van der Waals surface area contributed by atoms with Crippen molar-refractivity contribution in [3.63, 3.8) is 0 Å². The summed E-state index contributed by atoms with van der Waals surface area (Å²) in [5, 5.41) is 0. The predicted molar refractivity (Wildman–Crippen MR) is 68.3 cm³/mol. The van der Waals surface area contributed by atoms with Gasteiger partial charge in [-0.05, 0) is 32.1 Å². The highest BCUT2D eigenvalue weighted by atomic mass is 16.5. The summed E-state index contributed by atoms with van der Waals surface area (Å²) in [4.78, 5) is 11.1. The van der Waals surface area contributed by atoms with Gasteiger partial charge in [0.15, 0.2) is 0 Å². The lowest BCUT2D eigenvalue weighted by Gasteiger charge is -2.05. The van der Waals surface area contributed by atoms with Crippen LogP contribution in [-0.2, 0) is 9.53 Å². The molecule has 0 saturated carbocycles. The van der Waals surface area contributed by atoms with Gasteiger partial charge in [-0.1, -0.05) is 38.8 Å². The van der Waals surface area contributed by atoms with Crippen LogP contribution in [0.3, 0.4) is 0 Å². The van der Waals surface area contributed by atoms with Crippen molar-refractivity contribution in [2.75, 3.05) is 6.61 Å². The predicted octanol–water partition coefficient (Wildman–Crippen LogP) is 4.10. The first kappa shape index (κ1) is 15.2. The smallest absolute Gasteiger partial charge is 0.305 e. The van der Waals surface area contributed by atoms with Gasteiger partial charge in [0.2, 0.25) is 0 Å². The number of esters is 1. The first-order valence-electron chi connectivity index (χ1n) is 6.53. The average Bonchev–Trinajstić information content (AvgIpc) is 2.25. The summed E-state index contributed by atoms with van der Waals surface area (Å²) in [6.45, 7) is 6.74. The van der Waals surface area contributed by atoms with Gasteiger partial charge in [-0.2, -0.15) is 0 Å². The van der Waals surface area contributed by atoms with Gasteiger partial charge in [-0.25, -0.2) is 0 Å². The molecule has 0 radical (unpaired) electrons. The molecule has 0 aliphatic heterocycles. The Kier molecular flexibility index (Phi) is 10.2. The number of unbranched alkanes of at least 4 members (excludes halogenated alkanes) is 2. The third-order valence-corrected chi connectivity index (χ3v) is 2.53. The van der Waals surface area contributed by atoms with Gasteiger partial charge in [-0.15, -0.1) is 0 Å². The number of carbonyl (C=O) groups is 1. The molecule has 0 rings (SSSR count). The molecule has 0 saturated heterocycles. The topological polar surface area (TPSA) is 26.3 Å². The van der Waals surface area contributed by atoms with Crippen LogP contribution >= 0.6 is 0 Å². The fourth-order valence-electron chi connectivity index (χ4n) is 1.55. The van der Waals surface area contributed by atoms with Gasteiger partial charge in [0, 0.05) is 6.42 Å². The van der Waals surface area contributed by atoms with Gasteiger partial charge in [0.1, 0.15) is 0 Å². The van der Waals surface area contributed by atoms with Crippen molar-refractivity contribution in [2.45, 2.75) is 59.3 Å². The van der Waals surface area contributed by atoms with Crippen LogP contribution in [0.5, 0.6) is 0 Å². The molecule has 0 unspecified atom stereocenters. The van der Waals surface area contributed by atoms with E-state index in [-0.39, 0.29) is 5.97 Å². The Hall–Kier alpha value is -0.790. The second kappa shape index (κ2) is 10.7. The molecule has 94 valence electrons. The highest BCUT2D eigenvalue weighted by Gasteiger charge is 2.03. The number of ether oxygens (including phenoxy) is 1. The van der Waals surface area contributed by atoms with Gasteiger partial charge in [-0.3, -0.25) is 4.79 Å². The van der Waals surface area contributed by atoms with E-state index in [9.17, 15) is 4.79 Å². The minimum absolute atomic E-state index is 0.0651. The second-order valence-electron chi connectivity index (χ2n) is 4.24. The summed E-state index contributed by atoms with van der Waals surface area (Å²) in [5.74, 6) is 0.510. The molecule has 0 aromatic heterocycles. The Morgan fingerprint density at radius 2 is 2.06 bits per heavy atom. The minimum atomic E-state index is -0.0651. The van der Waals surface area contributed by atoms with Crippen molar-refractivity contribution >= 4 is 5.97 Å². The number of hydrogen-bond donors (Lipinski definition) is 0. The zero-order valence-corrected chi connectivity index (χ0v) is 11.0. The summed E-state index contributed by atoms with van der Waals surface area (Å²) in [7, 11) is 0. The van der Waals surface area contributed by atoms with Crippen molar-refractivity contribution in [3.05, 3.63) is 12.2 Å². The Morgan fingerprint density at radius 1 is 1.31 bits per heavy atom. The molecule has 2 nitrogen and oxygen atoms in total. The molecule has 0 fully saturated rings. The molecular weight excluding hydrogens is 200 g/mol. The highest BCUT2D eigenvalue weighted by molar-refractivity contribution is 5.69. The zero-order valence-electron chi connectivity index (χ0n) is 11.0. The third kappa shape index (κ3) is 9.75. The molecule has 1 atom stereocenters. The van der Waals surface area contributed by atoms with Crippen LogP contribution < -0.4 is 0 Å². The maximum atomic E-state index is 11.1. The Labute approximate surface area is 100 Å². The molecule has 2 heteroatoms. The van der Waals surface area contributed by atoms with E-state index in [0.717, 1.165) is 12.8 Å². The summed E-state index contributed by atoms with van der Waals surface area (Å²) in [5.41, 5.74) is 0. The average molecular weight is 226 g/mol. The molecule has 0 spiro atoms. The minimum Gasteiger partial charge on any atom is -0.466 e. The van der Waals surface area contributed by atoms with E-state index in [4.69, 9.17) is 4.74 Å². The largest absolute Gasteiger partial charge is 0.466 e. The molecule has 0 aromatic rings. The van der Waals surface area contributed by atoms with E-state index in [1.165, 1.54) is 19.3 Å². The van der Waals surface area contributed by atoms with Crippen LogP contribution in [0.4, 0.5) is 0 Å². The Morgan fingerprint density at radius 3 is 2.69 bits per heavy atom. The lowest BCUT2D eigenvalue weighted by molar-refractivity contribution is -0.143. The van der Waals surface area contributed by atoms with E-state index < -0.39 is 0 Å². The number of carbonyl (C=O) groups excluding carboxylic acids is 1. The maximum absolute atomic E-state index is 11.1. The van der Waals surface area contributed by atoms with E-state index in [1.807, 2.05) is 6.92 Å². The van der Waals surface area contributed by atoms with Crippen LogP contribution in [0.1, 0.15) is 59.3 Å². The fraction of sp³-hybridized carbons (Fsp3) is 0.786.